The van der Waals surface area contributed by atoms with Crippen molar-refractivity contribution >= 4 is 27.5 Å². The van der Waals surface area contributed by atoms with E-state index in [0.29, 0.717) is 23.1 Å². The average Bonchev–Trinajstić information content (AvgIpc) is 3.27. The number of hydrogen-bond donors (Lipinski definition) is 0. The molecule has 0 bridgehead atoms. The molecule has 0 N–H and O–H groups in total. The van der Waals surface area contributed by atoms with Crippen LogP contribution in [0.15, 0.2) is 81.7 Å². The van der Waals surface area contributed by atoms with E-state index in [1.165, 1.54) is 0 Å². The van der Waals surface area contributed by atoms with Crippen LogP contribution in [-0.2, 0) is 6.61 Å². The molecule has 0 atom stereocenters. The molecule has 0 spiro atoms. The third-order valence-corrected chi connectivity index (χ3v) is 5.45. The fourth-order valence-electron chi connectivity index (χ4n) is 2.97. The van der Waals surface area contributed by atoms with Crippen LogP contribution in [0.5, 0.6) is 5.75 Å². The molecule has 0 unspecified atom stereocenters. The molecule has 1 aromatic heterocycles. The molecular formula is C24H20BrN3O3. The molecule has 0 aliphatic rings. The fraction of sp³-hybridized carbons (Fsp3) is 0.125. The Bertz CT molecular complexity index is 1190. The van der Waals surface area contributed by atoms with Gasteiger partial charge < -0.3 is 14.1 Å². The number of hydrogen-bond acceptors (Lipinski definition) is 5. The molecule has 31 heavy (non-hydrogen) atoms. The number of rotatable bonds is 6. The van der Waals surface area contributed by atoms with Crippen molar-refractivity contribution in [2.45, 2.75) is 13.5 Å². The number of carbonyl (C=O) groups is 1. The number of amides is 1. The van der Waals surface area contributed by atoms with Crippen LogP contribution in [0.4, 0.5) is 5.69 Å². The molecule has 6 nitrogen and oxygen atoms in total. The summed E-state index contributed by atoms with van der Waals surface area (Å²) in [5, 5.41) is 8.12. The lowest BCUT2D eigenvalue weighted by Gasteiger charge is -2.18. The molecule has 7 heteroatoms. The highest BCUT2D eigenvalue weighted by Crippen LogP contribution is 2.27. The van der Waals surface area contributed by atoms with Gasteiger partial charge >= 0.3 is 0 Å². The number of aromatic nitrogens is 2. The lowest BCUT2D eigenvalue weighted by Crippen LogP contribution is -2.26. The van der Waals surface area contributed by atoms with Crippen LogP contribution in [0.2, 0.25) is 0 Å². The van der Waals surface area contributed by atoms with Crippen molar-refractivity contribution in [2.75, 3.05) is 11.9 Å². The van der Waals surface area contributed by atoms with Gasteiger partial charge in [0.05, 0.1) is 5.56 Å². The number of carbonyl (C=O) groups excluding carboxylic acids is 1. The number of halogens is 1. The number of aryl methyl sites for hydroxylation is 1. The Labute approximate surface area is 188 Å². The summed E-state index contributed by atoms with van der Waals surface area (Å²) >= 11 is 3.48. The van der Waals surface area contributed by atoms with Crippen LogP contribution >= 0.6 is 15.9 Å². The molecule has 0 aliphatic heterocycles. The maximum atomic E-state index is 12.7. The van der Waals surface area contributed by atoms with E-state index in [2.05, 4.69) is 26.1 Å². The van der Waals surface area contributed by atoms with Crippen LogP contribution in [0, 0.1) is 6.92 Å². The summed E-state index contributed by atoms with van der Waals surface area (Å²) in [4.78, 5) is 14.3. The van der Waals surface area contributed by atoms with Gasteiger partial charge in [0.2, 0.25) is 5.89 Å². The second kappa shape index (κ2) is 9.14. The summed E-state index contributed by atoms with van der Waals surface area (Å²) in [5.74, 6) is 1.37. The van der Waals surface area contributed by atoms with Crippen LogP contribution in [0.3, 0.4) is 0 Å². The van der Waals surface area contributed by atoms with Gasteiger partial charge in [0, 0.05) is 22.8 Å². The minimum Gasteiger partial charge on any atom is -0.484 e. The minimum absolute atomic E-state index is 0.0702. The summed E-state index contributed by atoms with van der Waals surface area (Å²) < 4.78 is 12.3. The van der Waals surface area contributed by atoms with Crippen molar-refractivity contribution in [1.29, 1.82) is 0 Å². The van der Waals surface area contributed by atoms with Gasteiger partial charge in [0.25, 0.3) is 11.8 Å². The molecule has 156 valence electrons. The maximum Gasteiger partial charge on any atom is 0.258 e. The quantitative estimate of drug-likeness (QED) is 0.358. The molecule has 0 aliphatic carbocycles. The van der Waals surface area contributed by atoms with Crippen molar-refractivity contribution in [3.05, 3.63) is 94.3 Å². The van der Waals surface area contributed by atoms with Gasteiger partial charge in [-0.15, -0.1) is 10.2 Å². The highest BCUT2D eigenvalue weighted by Gasteiger charge is 2.14. The highest BCUT2D eigenvalue weighted by molar-refractivity contribution is 9.10. The van der Waals surface area contributed by atoms with E-state index in [1.54, 1.807) is 24.1 Å². The zero-order valence-electron chi connectivity index (χ0n) is 17.1. The van der Waals surface area contributed by atoms with E-state index in [0.717, 1.165) is 21.3 Å². The SMILES string of the molecule is Cc1ccc(C(=O)N(C)c2ccc(OCc3nnc(-c4ccccc4Br)o3)cc2)cc1. The maximum absolute atomic E-state index is 12.7. The Morgan fingerprint density at radius 3 is 2.42 bits per heavy atom. The van der Waals surface area contributed by atoms with Gasteiger partial charge in [-0.05, 0) is 71.4 Å². The number of ether oxygens (including phenoxy) is 1. The Kier molecular flexibility index (Phi) is 6.13. The second-order valence-corrected chi connectivity index (χ2v) is 7.85. The summed E-state index contributed by atoms with van der Waals surface area (Å²) in [6.07, 6.45) is 0. The lowest BCUT2D eigenvalue weighted by molar-refractivity contribution is 0.0993. The Morgan fingerprint density at radius 1 is 1.00 bits per heavy atom. The number of anilines is 1. The molecule has 3 aromatic carbocycles. The predicted molar refractivity (Wildman–Crippen MR) is 122 cm³/mol. The van der Waals surface area contributed by atoms with Crippen molar-refractivity contribution < 1.29 is 13.9 Å². The van der Waals surface area contributed by atoms with Crippen LogP contribution < -0.4 is 9.64 Å². The number of benzene rings is 3. The third kappa shape index (κ3) is 4.83. The Balaban J connectivity index is 1.38. The van der Waals surface area contributed by atoms with Crippen LogP contribution in [0.25, 0.3) is 11.5 Å². The van der Waals surface area contributed by atoms with E-state index < -0.39 is 0 Å². The summed E-state index contributed by atoms with van der Waals surface area (Å²) in [6, 6.07) is 22.4. The zero-order chi connectivity index (χ0) is 21.8. The van der Waals surface area contributed by atoms with Crippen LogP contribution in [0.1, 0.15) is 21.8 Å². The first-order valence-corrected chi connectivity index (χ1v) is 10.5. The first kappa shape index (κ1) is 20.8. The zero-order valence-corrected chi connectivity index (χ0v) is 18.7. The van der Waals surface area contributed by atoms with E-state index >= 15 is 0 Å². The normalized spacial score (nSPS) is 10.7. The molecule has 0 saturated heterocycles. The smallest absolute Gasteiger partial charge is 0.258 e. The minimum atomic E-state index is -0.0702. The molecule has 0 saturated carbocycles. The largest absolute Gasteiger partial charge is 0.484 e. The fourth-order valence-corrected chi connectivity index (χ4v) is 3.43. The van der Waals surface area contributed by atoms with Gasteiger partial charge in [0.1, 0.15) is 5.75 Å². The Hall–Kier alpha value is -3.45. The van der Waals surface area contributed by atoms with Crippen LogP contribution in [-0.4, -0.2) is 23.2 Å². The van der Waals surface area contributed by atoms with Gasteiger partial charge in [-0.2, -0.15) is 0 Å². The molecule has 4 rings (SSSR count). The summed E-state index contributed by atoms with van der Waals surface area (Å²) in [6.45, 7) is 2.14. The molecular weight excluding hydrogens is 458 g/mol. The third-order valence-electron chi connectivity index (χ3n) is 4.76. The van der Waals surface area contributed by atoms with E-state index in [-0.39, 0.29) is 12.5 Å². The number of nitrogens with zero attached hydrogens (tertiary/aromatic N) is 3. The van der Waals surface area contributed by atoms with Gasteiger partial charge in [-0.1, -0.05) is 29.8 Å². The molecule has 1 heterocycles. The molecule has 0 radical (unpaired) electrons. The molecule has 0 fully saturated rings. The standard InChI is InChI=1S/C24H20BrN3O3/c1-16-7-9-17(10-8-16)24(29)28(2)18-11-13-19(14-12-18)30-15-22-26-27-23(31-22)20-5-3-4-6-21(20)25/h3-14H,15H2,1-2H3. The van der Waals surface area contributed by atoms with Gasteiger partial charge in [-0.3, -0.25) is 4.79 Å². The predicted octanol–water partition coefficient (Wildman–Crippen LogP) is 5.66. The van der Waals surface area contributed by atoms with Crippen molar-refractivity contribution in [1.82, 2.24) is 10.2 Å². The first-order valence-electron chi connectivity index (χ1n) is 9.66. The topological polar surface area (TPSA) is 68.5 Å². The Morgan fingerprint density at radius 2 is 1.71 bits per heavy atom. The van der Waals surface area contributed by atoms with E-state index in [9.17, 15) is 4.79 Å². The second-order valence-electron chi connectivity index (χ2n) is 6.99. The first-order chi connectivity index (χ1) is 15.0. The average molecular weight is 478 g/mol. The monoisotopic (exact) mass is 477 g/mol. The highest BCUT2D eigenvalue weighted by atomic mass is 79.9. The van der Waals surface area contributed by atoms with Crippen molar-refractivity contribution in [2.24, 2.45) is 0 Å². The van der Waals surface area contributed by atoms with Crippen molar-refractivity contribution in [3.63, 3.8) is 0 Å². The van der Waals surface area contributed by atoms with E-state index in [1.807, 2.05) is 67.6 Å². The molecule has 4 aromatic rings. The lowest BCUT2D eigenvalue weighted by atomic mass is 10.1. The summed E-state index contributed by atoms with van der Waals surface area (Å²) in [7, 11) is 1.75. The summed E-state index contributed by atoms with van der Waals surface area (Å²) in [5.41, 5.74) is 3.36. The molecule has 1 amide bonds. The van der Waals surface area contributed by atoms with Crippen molar-refractivity contribution in [3.8, 4) is 17.2 Å². The van der Waals surface area contributed by atoms with Gasteiger partial charge in [-0.25, -0.2) is 0 Å². The van der Waals surface area contributed by atoms with Gasteiger partial charge in [0.15, 0.2) is 6.61 Å². The van der Waals surface area contributed by atoms with E-state index in [4.69, 9.17) is 9.15 Å².